The van der Waals surface area contributed by atoms with Gasteiger partial charge in [-0.3, -0.25) is 4.18 Å². The van der Waals surface area contributed by atoms with E-state index in [1.807, 2.05) is 0 Å². The van der Waals surface area contributed by atoms with Crippen LogP contribution in [0.5, 0.6) is 0 Å². The van der Waals surface area contributed by atoms with Crippen molar-refractivity contribution in [1.82, 2.24) is 0 Å². The van der Waals surface area contributed by atoms with E-state index in [-0.39, 0.29) is 37.6 Å². The van der Waals surface area contributed by atoms with Gasteiger partial charge in [0, 0.05) is 0 Å². The van der Waals surface area contributed by atoms with Gasteiger partial charge in [-0.1, -0.05) is 64.7 Å². The van der Waals surface area contributed by atoms with Gasteiger partial charge in [0.2, 0.25) is 0 Å². The third kappa shape index (κ3) is 13.8. The Bertz CT molecular complexity index is 297. The van der Waals surface area contributed by atoms with E-state index in [2.05, 4.69) is 11.1 Å². The van der Waals surface area contributed by atoms with Crippen LogP contribution in [0, 0.1) is 0 Å². The zero-order valence-corrected chi connectivity index (χ0v) is 16.3. The second kappa shape index (κ2) is 14.8. The van der Waals surface area contributed by atoms with Crippen LogP contribution in [-0.2, 0) is 14.3 Å². The standard InChI is InChI=1S/C14H30O4S.Na.H/c1-3-4-5-6-7-8-9-10-11-12-13-18-19(16,17)14(2)15;;/h14-15H,3-13H2,1-2H3;;/q;+1;-1. The molecule has 1 unspecified atom stereocenters. The predicted molar refractivity (Wildman–Crippen MR) is 79.5 cm³/mol. The Morgan fingerprint density at radius 1 is 0.950 bits per heavy atom. The Hall–Kier alpha value is 0.870. The number of unbranched alkanes of at least 4 members (excludes halogenated alkanes) is 9. The fourth-order valence-corrected chi connectivity index (χ4v) is 2.41. The maximum absolute atomic E-state index is 11.1. The third-order valence-electron chi connectivity index (χ3n) is 3.16. The minimum absolute atomic E-state index is 0. The minimum atomic E-state index is -3.75. The van der Waals surface area contributed by atoms with E-state index in [1.54, 1.807) is 0 Å². The molecule has 0 aliphatic heterocycles. The van der Waals surface area contributed by atoms with Crippen LogP contribution >= 0.6 is 0 Å². The molecule has 0 saturated heterocycles. The first-order valence-electron chi connectivity index (χ1n) is 7.57. The van der Waals surface area contributed by atoms with E-state index in [0.29, 0.717) is 0 Å². The van der Waals surface area contributed by atoms with Crippen molar-refractivity contribution in [2.45, 2.75) is 83.5 Å². The third-order valence-corrected chi connectivity index (χ3v) is 4.49. The summed E-state index contributed by atoms with van der Waals surface area (Å²) in [4.78, 5) is 0. The molecule has 0 saturated carbocycles. The van der Waals surface area contributed by atoms with Gasteiger partial charge in [0.05, 0.1) is 6.61 Å². The van der Waals surface area contributed by atoms with E-state index in [1.165, 1.54) is 51.9 Å². The quantitative estimate of drug-likeness (QED) is 0.309. The summed E-state index contributed by atoms with van der Waals surface area (Å²) in [5, 5.41) is 8.93. The predicted octanol–water partition coefficient (Wildman–Crippen LogP) is 0.709. The number of aliphatic hydroxyl groups is 1. The molecule has 118 valence electrons. The van der Waals surface area contributed by atoms with Crippen molar-refractivity contribution >= 4 is 10.1 Å². The molecular formula is C14H31NaO4S. The maximum Gasteiger partial charge on any atom is 1.00 e. The van der Waals surface area contributed by atoms with E-state index >= 15 is 0 Å². The topological polar surface area (TPSA) is 63.6 Å². The first-order chi connectivity index (χ1) is 9.00. The van der Waals surface area contributed by atoms with Crippen molar-refractivity contribution < 1.29 is 48.7 Å². The Morgan fingerprint density at radius 3 is 1.75 bits per heavy atom. The first kappa shape index (κ1) is 23.1. The van der Waals surface area contributed by atoms with Crippen LogP contribution in [0.25, 0.3) is 0 Å². The Kier molecular flexibility index (Phi) is 17.1. The molecule has 1 N–H and O–H groups in total. The molecule has 0 aliphatic carbocycles. The average molecular weight is 318 g/mol. The number of rotatable bonds is 13. The van der Waals surface area contributed by atoms with Gasteiger partial charge in [-0.15, -0.1) is 0 Å². The summed E-state index contributed by atoms with van der Waals surface area (Å²) in [5.41, 5.74) is -1.43. The van der Waals surface area contributed by atoms with Crippen LogP contribution in [0.4, 0.5) is 0 Å². The van der Waals surface area contributed by atoms with Crippen LogP contribution in [0.1, 0.15) is 79.5 Å². The van der Waals surface area contributed by atoms with Crippen LogP contribution in [-0.4, -0.2) is 25.6 Å². The van der Waals surface area contributed by atoms with Crippen molar-refractivity contribution in [3.8, 4) is 0 Å². The van der Waals surface area contributed by atoms with Crippen molar-refractivity contribution in [2.24, 2.45) is 0 Å². The summed E-state index contributed by atoms with van der Waals surface area (Å²) >= 11 is 0. The van der Waals surface area contributed by atoms with E-state index < -0.39 is 15.6 Å². The molecule has 0 rings (SSSR count). The fourth-order valence-electron chi connectivity index (χ4n) is 1.86. The summed E-state index contributed by atoms with van der Waals surface area (Å²) in [5.74, 6) is 0. The molecule has 4 nitrogen and oxygen atoms in total. The molecule has 1 atom stereocenters. The van der Waals surface area contributed by atoms with Gasteiger partial charge >= 0.3 is 29.6 Å². The number of hydrogen-bond acceptors (Lipinski definition) is 4. The maximum atomic E-state index is 11.1. The zero-order chi connectivity index (χ0) is 14.6. The summed E-state index contributed by atoms with van der Waals surface area (Å²) in [6, 6.07) is 0. The van der Waals surface area contributed by atoms with Gasteiger partial charge < -0.3 is 6.53 Å². The minimum Gasteiger partial charge on any atom is -1.00 e. The molecule has 0 aromatic rings. The second-order valence-corrected chi connectivity index (χ2v) is 7.00. The largest absolute Gasteiger partial charge is 1.00 e. The van der Waals surface area contributed by atoms with Gasteiger partial charge in [0.15, 0.2) is 5.44 Å². The molecule has 0 radical (unpaired) electrons. The molecule has 0 heterocycles. The number of hydrogen-bond donors (Lipinski definition) is 1. The monoisotopic (exact) mass is 318 g/mol. The molecule has 0 amide bonds. The smallest absolute Gasteiger partial charge is 1.00 e. The number of aliphatic hydroxyl groups excluding tert-OH is 1. The van der Waals surface area contributed by atoms with Crippen LogP contribution in [0.15, 0.2) is 0 Å². The molecule has 0 fully saturated rings. The molecule has 0 aromatic carbocycles. The van der Waals surface area contributed by atoms with Gasteiger partial charge in [0.25, 0.3) is 10.1 Å². The SMILES string of the molecule is CCCCCCCCCCCCOS(=O)(=O)C(C)O.[H-].[Na+]. The Labute approximate surface area is 148 Å². The Balaban J connectivity index is -0.00000162. The van der Waals surface area contributed by atoms with Crippen molar-refractivity contribution in [3.63, 3.8) is 0 Å². The van der Waals surface area contributed by atoms with Crippen molar-refractivity contribution in [3.05, 3.63) is 0 Å². The molecule has 0 spiro atoms. The normalized spacial score (nSPS) is 12.9. The van der Waals surface area contributed by atoms with Crippen molar-refractivity contribution in [1.29, 1.82) is 0 Å². The molecular weight excluding hydrogens is 287 g/mol. The summed E-state index contributed by atoms with van der Waals surface area (Å²) in [6.45, 7) is 3.61. The summed E-state index contributed by atoms with van der Waals surface area (Å²) < 4.78 is 26.9. The molecule has 0 aromatic heterocycles. The van der Waals surface area contributed by atoms with E-state index in [4.69, 9.17) is 5.11 Å². The summed E-state index contributed by atoms with van der Waals surface area (Å²) in [7, 11) is -3.75. The van der Waals surface area contributed by atoms with Gasteiger partial charge in [-0.25, -0.2) is 0 Å². The Morgan fingerprint density at radius 2 is 1.35 bits per heavy atom. The van der Waals surface area contributed by atoms with Crippen LogP contribution in [0.3, 0.4) is 0 Å². The first-order valence-corrected chi connectivity index (χ1v) is 9.04. The molecule has 0 bridgehead atoms. The molecule has 0 aliphatic rings. The van der Waals surface area contributed by atoms with E-state index in [0.717, 1.165) is 19.3 Å². The van der Waals surface area contributed by atoms with Crippen molar-refractivity contribution in [2.75, 3.05) is 6.61 Å². The van der Waals surface area contributed by atoms with Gasteiger partial charge in [-0.2, -0.15) is 8.42 Å². The zero-order valence-electron chi connectivity index (χ0n) is 14.4. The average Bonchev–Trinajstić information content (AvgIpc) is 2.35. The fraction of sp³-hybridized carbons (Fsp3) is 1.00. The van der Waals surface area contributed by atoms with Gasteiger partial charge in [-0.05, 0) is 13.3 Å². The van der Waals surface area contributed by atoms with Crippen LogP contribution < -0.4 is 29.6 Å². The second-order valence-electron chi connectivity index (χ2n) is 5.10. The molecule has 6 heteroatoms. The molecule has 20 heavy (non-hydrogen) atoms. The van der Waals surface area contributed by atoms with E-state index in [9.17, 15) is 8.42 Å². The summed E-state index contributed by atoms with van der Waals surface area (Å²) in [6.07, 6.45) is 12.0. The van der Waals surface area contributed by atoms with Gasteiger partial charge in [0.1, 0.15) is 0 Å². The van der Waals surface area contributed by atoms with Crippen LogP contribution in [0.2, 0.25) is 0 Å².